The highest BCUT2D eigenvalue weighted by Crippen LogP contribution is 2.43. The van der Waals surface area contributed by atoms with E-state index in [1.54, 1.807) is 0 Å². The first-order chi connectivity index (χ1) is 25.6. The van der Waals surface area contributed by atoms with Gasteiger partial charge < -0.3 is 28.9 Å². The standard InChI is InChI=1S/C40H46N8O4/c1-5-9-17-49-29-21-25-26(22-30(29)50-18-10-6-2)38-44-34-15-16-36(42-34)46-40-28-24-32(52-20-12-8-4)31(51-19-11-7-3)23-27(28)39(48-40)45-35-14-13-33(41-35)43-37(25)47-38/h13-16,21-24H,5-12,17-20H2,1-4H3,(H2,41,42,43,44,45,46,47,48). The van der Waals surface area contributed by atoms with Crippen molar-refractivity contribution in [3.63, 3.8) is 0 Å². The molecule has 3 aromatic heterocycles. The lowest BCUT2D eigenvalue weighted by Crippen LogP contribution is -2.03. The van der Waals surface area contributed by atoms with Gasteiger partial charge in [-0.05, 0) is 74.2 Å². The van der Waals surface area contributed by atoms with Crippen molar-refractivity contribution in [1.29, 1.82) is 0 Å². The van der Waals surface area contributed by atoms with Crippen LogP contribution in [0.2, 0.25) is 0 Å². The average Bonchev–Trinajstić information content (AvgIpc) is 3.93. The van der Waals surface area contributed by atoms with Crippen LogP contribution in [0.3, 0.4) is 0 Å². The predicted octanol–water partition coefficient (Wildman–Crippen LogP) is 9.28. The Labute approximate surface area is 303 Å². The van der Waals surface area contributed by atoms with Crippen LogP contribution in [0.5, 0.6) is 23.0 Å². The van der Waals surface area contributed by atoms with Crippen LogP contribution in [0.4, 0.5) is 0 Å². The maximum absolute atomic E-state index is 6.24. The lowest BCUT2D eigenvalue weighted by Gasteiger charge is -2.14. The van der Waals surface area contributed by atoms with E-state index in [0.29, 0.717) is 95.3 Å². The van der Waals surface area contributed by atoms with E-state index in [-0.39, 0.29) is 0 Å². The Morgan fingerprint density at radius 1 is 0.385 bits per heavy atom. The Morgan fingerprint density at radius 2 is 0.635 bits per heavy atom. The third-order valence-corrected chi connectivity index (χ3v) is 8.79. The predicted molar refractivity (Wildman–Crippen MR) is 203 cm³/mol. The number of ether oxygens (including phenoxy) is 4. The van der Waals surface area contributed by atoms with Crippen molar-refractivity contribution in [3.8, 4) is 68.5 Å². The molecule has 0 amide bonds. The summed E-state index contributed by atoms with van der Waals surface area (Å²) >= 11 is 0. The molecule has 2 N–H and O–H groups in total. The number of unbranched alkanes of at least 4 members (excludes halogenated alkanes) is 4. The summed E-state index contributed by atoms with van der Waals surface area (Å²) in [5.74, 6) is 4.71. The van der Waals surface area contributed by atoms with Gasteiger partial charge in [0.2, 0.25) is 0 Å². The zero-order valence-electron chi connectivity index (χ0n) is 30.4. The van der Waals surface area contributed by atoms with Crippen LogP contribution in [0.25, 0.3) is 68.1 Å². The Balaban J connectivity index is 1.39. The molecule has 0 unspecified atom stereocenters. The molecule has 0 saturated carbocycles. The highest BCUT2D eigenvalue weighted by Gasteiger charge is 2.25. The topological polar surface area (TPSA) is 146 Å². The molecule has 0 saturated heterocycles. The molecule has 12 heteroatoms. The van der Waals surface area contributed by atoms with Gasteiger partial charge in [-0.1, -0.05) is 53.4 Å². The Bertz CT molecular complexity index is 1900. The average molecular weight is 703 g/mol. The van der Waals surface area contributed by atoms with Crippen molar-refractivity contribution in [2.24, 2.45) is 0 Å². The van der Waals surface area contributed by atoms with Gasteiger partial charge >= 0.3 is 0 Å². The fourth-order valence-electron chi connectivity index (χ4n) is 5.86. The third-order valence-electron chi connectivity index (χ3n) is 8.79. The largest absolute Gasteiger partial charge is 0.490 e. The summed E-state index contributed by atoms with van der Waals surface area (Å²) in [4.78, 5) is 36.2. The van der Waals surface area contributed by atoms with E-state index < -0.39 is 0 Å². The van der Waals surface area contributed by atoms with Crippen molar-refractivity contribution in [3.05, 3.63) is 48.5 Å². The van der Waals surface area contributed by atoms with E-state index in [1.807, 2.05) is 48.5 Å². The van der Waals surface area contributed by atoms with Crippen LogP contribution < -0.4 is 18.9 Å². The van der Waals surface area contributed by atoms with Crippen LogP contribution in [-0.2, 0) is 0 Å². The number of aromatic amines is 2. The number of fused-ring (bicyclic) bond motifs is 14. The molecule has 5 aromatic rings. The Morgan fingerprint density at radius 3 is 0.865 bits per heavy atom. The van der Waals surface area contributed by atoms with Gasteiger partial charge in [-0.3, -0.25) is 0 Å². The second-order valence-corrected chi connectivity index (χ2v) is 12.9. The summed E-state index contributed by atoms with van der Waals surface area (Å²) < 4.78 is 24.9. The van der Waals surface area contributed by atoms with Gasteiger partial charge in [0, 0.05) is 22.3 Å². The molecule has 2 aliphatic rings. The fraction of sp³-hybridized carbons (Fsp3) is 0.400. The van der Waals surface area contributed by atoms with Gasteiger partial charge in [0.25, 0.3) is 0 Å². The lowest BCUT2D eigenvalue weighted by atomic mass is 10.1. The Kier molecular flexibility index (Phi) is 10.9. The van der Waals surface area contributed by atoms with Crippen molar-refractivity contribution >= 4 is 22.6 Å². The molecule has 8 bridgehead atoms. The number of hydrogen-bond acceptors (Lipinski definition) is 10. The van der Waals surface area contributed by atoms with E-state index in [4.69, 9.17) is 48.9 Å². The third kappa shape index (κ3) is 7.70. The molecule has 0 spiro atoms. The quantitative estimate of drug-likeness (QED) is 0.0934. The number of rotatable bonds is 16. The molecule has 0 fully saturated rings. The van der Waals surface area contributed by atoms with E-state index in [2.05, 4.69) is 37.7 Å². The highest BCUT2D eigenvalue weighted by molar-refractivity contribution is 5.87. The minimum atomic E-state index is 0.509. The van der Waals surface area contributed by atoms with Crippen LogP contribution in [0.1, 0.15) is 79.1 Å². The molecule has 0 atom stereocenters. The summed E-state index contributed by atoms with van der Waals surface area (Å²) in [5, 5.41) is 0. The molecule has 0 aliphatic carbocycles. The molecule has 270 valence electrons. The number of nitrogens with one attached hydrogen (secondary N) is 2. The van der Waals surface area contributed by atoms with Crippen molar-refractivity contribution in [2.75, 3.05) is 26.4 Å². The highest BCUT2D eigenvalue weighted by atomic mass is 16.5. The van der Waals surface area contributed by atoms with Gasteiger partial charge in [-0.15, -0.1) is 0 Å². The molecule has 2 aromatic carbocycles. The molecular weight excluding hydrogens is 656 g/mol. The smallest absolute Gasteiger partial charge is 0.164 e. The minimum Gasteiger partial charge on any atom is -0.490 e. The molecule has 52 heavy (non-hydrogen) atoms. The van der Waals surface area contributed by atoms with Crippen molar-refractivity contribution in [2.45, 2.75) is 79.1 Å². The number of nitrogens with zero attached hydrogens (tertiary/aromatic N) is 6. The normalized spacial score (nSPS) is 11.6. The first kappa shape index (κ1) is 34.9. The fourth-order valence-corrected chi connectivity index (χ4v) is 5.86. The molecule has 5 heterocycles. The molecule has 12 nitrogen and oxygen atoms in total. The van der Waals surface area contributed by atoms with Gasteiger partial charge in [0.05, 0.1) is 26.4 Å². The second-order valence-electron chi connectivity index (χ2n) is 12.9. The van der Waals surface area contributed by atoms with Gasteiger partial charge in [-0.2, -0.15) is 0 Å². The summed E-state index contributed by atoms with van der Waals surface area (Å²) in [7, 11) is 0. The lowest BCUT2D eigenvalue weighted by molar-refractivity contribution is 0.262. The Hall–Kier alpha value is -5.52. The van der Waals surface area contributed by atoms with Crippen LogP contribution >= 0.6 is 0 Å². The summed E-state index contributed by atoms with van der Waals surface area (Å²) in [5.41, 5.74) is 5.59. The zero-order chi connectivity index (χ0) is 35.9. The maximum Gasteiger partial charge on any atom is 0.164 e. The molecule has 2 aliphatic heterocycles. The van der Waals surface area contributed by atoms with Crippen LogP contribution in [0, 0.1) is 0 Å². The summed E-state index contributed by atoms with van der Waals surface area (Å²) in [6.07, 6.45) is 7.87. The van der Waals surface area contributed by atoms with Crippen LogP contribution in [-0.4, -0.2) is 66.3 Å². The SMILES string of the molecule is CCCCOc1cc2c(cc1OCCCC)-c1nc-2nc2ccc(nc3nc(nc4ccc(n1)[nH]4)-c1cc(OCCCC)c(OCCCC)cc1-3)[nH]2. The van der Waals surface area contributed by atoms with E-state index in [9.17, 15) is 0 Å². The van der Waals surface area contributed by atoms with E-state index in [1.165, 1.54) is 0 Å². The van der Waals surface area contributed by atoms with Gasteiger partial charge in [0.15, 0.2) is 46.3 Å². The van der Waals surface area contributed by atoms with E-state index in [0.717, 1.165) is 73.6 Å². The molecule has 7 rings (SSSR count). The minimum absolute atomic E-state index is 0.509. The monoisotopic (exact) mass is 702 g/mol. The van der Waals surface area contributed by atoms with Gasteiger partial charge in [0.1, 0.15) is 22.6 Å². The van der Waals surface area contributed by atoms with Crippen LogP contribution in [0.15, 0.2) is 48.5 Å². The zero-order valence-corrected chi connectivity index (χ0v) is 30.4. The van der Waals surface area contributed by atoms with Crippen molar-refractivity contribution < 1.29 is 18.9 Å². The number of aromatic nitrogens is 8. The summed E-state index contributed by atoms with van der Waals surface area (Å²) in [6, 6.07) is 15.4. The molecule has 0 radical (unpaired) electrons. The second kappa shape index (κ2) is 16.2. The number of hydrogen-bond donors (Lipinski definition) is 2. The first-order valence-corrected chi connectivity index (χ1v) is 18.6. The first-order valence-electron chi connectivity index (χ1n) is 18.6. The van der Waals surface area contributed by atoms with Crippen molar-refractivity contribution in [1.82, 2.24) is 39.9 Å². The maximum atomic E-state index is 6.24. The van der Waals surface area contributed by atoms with E-state index >= 15 is 0 Å². The van der Waals surface area contributed by atoms with Gasteiger partial charge in [-0.25, -0.2) is 29.9 Å². The molecular formula is C40H46N8O4. The number of benzene rings is 2. The summed E-state index contributed by atoms with van der Waals surface area (Å²) in [6.45, 7) is 10.9. The number of H-pyrrole nitrogens is 2.